The van der Waals surface area contributed by atoms with E-state index in [1.165, 1.54) is 12.7 Å². The zero-order valence-electron chi connectivity index (χ0n) is 9.71. The average Bonchev–Trinajstić information content (AvgIpc) is 2.26. The lowest BCUT2D eigenvalue weighted by Crippen LogP contribution is -2.03. The Hall–Kier alpha value is -1.09. The molecule has 0 aliphatic heterocycles. The molecule has 16 heavy (non-hydrogen) atoms. The first-order valence-corrected chi connectivity index (χ1v) is 5.91. The normalized spacial score (nSPS) is 12.0. The van der Waals surface area contributed by atoms with Crippen LogP contribution in [0.3, 0.4) is 0 Å². The lowest BCUT2D eigenvalue weighted by atomic mass is 9.99. The number of benzene rings is 1. The summed E-state index contributed by atoms with van der Waals surface area (Å²) in [5, 5.41) is 0. The quantitative estimate of drug-likeness (QED) is 0.481. The Morgan fingerprint density at radius 3 is 2.56 bits per heavy atom. The zero-order valence-corrected chi connectivity index (χ0v) is 11.3. The fourth-order valence-electron chi connectivity index (χ4n) is 1.55. The van der Waals surface area contributed by atoms with E-state index in [4.69, 9.17) is 0 Å². The molecule has 0 N–H and O–H groups in total. The van der Waals surface area contributed by atoms with Crippen molar-refractivity contribution >= 4 is 27.5 Å². The molecule has 0 spiro atoms. The molecule has 1 aromatic carbocycles. The van der Waals surface area contributed by atoms with Gasteiger partial charge in [0.2, 0.25) is 0 Å². The zero-order chi connectivity index (χ0) is 12.3. The lowest BCUT2D eigenvalue weighted by molar-refractivity contribution is -0.133. The Morgan fingerprint density at radius 2 is 2.12 bits per heavy atom. The molecular weight excluding hydrogens is 268 g/mol. The molecule has 0 aliphatic carbocycles. The fourth-order valence-corrected chi connectivity index (χ4v) is 2.06. The molecule has 0 amide bonds. The number of hydrogen-bond donors (Lipinski definition) is 0. The molecule has 2 nitrogen and oxygen atoms in total. The molecular formula is C13H15BrO2. The van der Waals surface area contributed by atoms with Crippen molar-refractivity contribution in [3.05, 3.63) is 41.5 Å². The van der Waals surface area contributed by atoms with Gasteiger partial charge in [0.25, 0.3) is 0 Å². The number of esters is 1. The van der Waals surface area contributed by atoms with E-state index < -0.39 is 0 Å². The predicted molar refractivity (Wildman–Crippen MR) is 69.6 cm³/mol. The minimum Gasteiger partial charge on any atom is -0.465 e. The molecule has 1 aromatic rings. The van der Waals surface area contributed by atoms with Gasteiger partial charge in [0, 0.05) is 4.83 Å². The number of ether oxygens (including phenoxy) is 1. The predicted octanol–water partition coefficient (Wildman–Crippen LogP) is 3.64. The molecule has 0 bridgehead atoms. The number of hydrogen-bond acceptors (Lipinski definition) is 2. The second kappa shape index (κ2) is 5.30. The second-order valence-electron chi connectivity index (χ2n) is 3.66. The van der Waals surface area contributed by atoms with Crippen molar-refractivity contribution in [2.24, 2.45) is 0 Å². The monoisotopic (exact) mass is 282 g/mol. The van der Waals surface area contributed by atoms with E-state index >= 15 is 0 Å². The van der Waals surface area contributed by atoms with Crippen LogP contribution >= 0.6 is 15.9 Å². The number of aryl methyl sites for hydroxylation is 1. The summed E-state index contributed by atoms with van der Waals surface area (Å²) >= 11 is 3.52. The van der Waals surface area contributed by atoms with Gasteiger partial charge in [-0.25, -0.2) is 4.79 Å². The van der Waals surface area contributed by atoms with Gasteiger partial charge in [0.05, 0.1) is 12.7 Å². The number of carbonyl (C=O) groups is 1. The highest BCUT2D eigenvalue weighted by atomic mass is 79.9. The Labute approximate surface area is 104 Å². The molecule has 1 atom stereocenters. The summed E-state index contributed by atoms with van der Waals surface area (Å²) in [6, 6.07) is 5.84. The van der Waals surface area contributed by atoms with Crippen LogP contribution in [-0.4, -0.2) is 13.1 Å². The van der Waals surface area contributed by atoms with Crippen LogP contribution in [0.4, 0.5) is 0 Å². The van der Waals surface area contributed by atoms with Crippen molar-refractivity contribution in [2.45, 2.75) is 18.7 Å². The molecule has 0 saturated carbocycles. The molecule has 86 valence electrons. The van der Waals surface area contributed by atoms with Crippen molar-refractivity contribution in [1.29, 1.82) is 0 Å². The number of carbonyl (C=O) groups excluding carboxylic acids is 1. The van der Waals surface area contributed by atoms with E-state index in [1.54, 1.807) is 0 Å². The Kier molecular flexibility index (Phi) is 4.30. The molecule has 3 heteroatoms. The van der Waals surface area contributed by atoms with Crippen LogP contribution in [0.5, 0.6) is 0 Å². The smallest absolute Gasteiger partial charge is 0.337 e. The number of rotatable bonds is 3. The van der Waals surface area contributed by atoms with E-state index in [-0.39, 0.29) is 5.97 Å². The van der Waals surface area contributed by atoms with Crippen molar-refractivity contribution in [3.8, 4) is 0 Å². The van der Waals surface area contributed by atoms with Gasteiger partial charge >= 0.3 is 5.97 Å². The molecule has 1 rings (SSSR count). The number of halogens is 1. The van der Waals surface area contributed by atoms with Crippen LogP contribution in [0.25, 0.3) is 5.57 Å². The third kappa shape index (κ3) is 2.73. The largest absolute Gasteiger partial charge is 0.465 e. The Bertz CT molecular complexity index is 422. The van der Waals surface area contributed by atoms with Gasteiger partial charge in [-0.3, -0.25) is 0 Å². The minimum atomic E-state index is -0.390. The van der Waals surface area contributed by atoms with Gasteiger partial charge in [0.1, 0.15) is 0 Å². The SMILES string of the molecule is C=C(C(=O)OC)c1ccc(C(C)Br)c(C)c1. The van der Waals surface area contributed by atoms with Crippen LogP contribution < -0.4 is 0 Å². The standard InChI is InChI=1S/C13H15BrO2/c1-8-7-11(9(2)13(15)16-4)5-6-12(8)10(3)14/h5-7,10H,2H2,1,3-4H3. The van der Waals surface area contributed by atoms with Crippen LogP contribution in [-0.2, 0) is 9.53 Å². The van der Waals surface area contributed by atoms with E-state index in [0.717, 1.165) is 11.1 Å². The molecule has 0 heterocycles. The number of methoxy groups -OCH3 is 1. The van der Waals surface area contributed by atoms with Crippen molar-refractivity contribution in [2.75, 3.05) is 7.11 Å². The maximum absolute atomic E-state index is 11.3. The van der Waals surface area contributed by atoms with Gasteiger partial charge in [-0.05, 0) is 30.5 Å². The van der Waals surface area contributed by atoms with E-state index in [0.29, 0.717) is 10.4 Å². The number of alkyl halides is 1. The highest BCUT2D eigenvalue weighted by Gasteiger charge is 2.11. The summed E-state index contributed by atoms with van der Waals surface area (Å²) in [6.45, 7) is 7.81. The van der Waals surface area contributed by atoms with Crippen LogP contribution in [0.15, 0.2) is 24.8 Å². The molecule has 0 aromatic heterocycles. The topological polar surface area (TPSA) is 26.3 Å². The molecule has 0 fully saturated rings. The second-order valence-corrected chi connectivity index (χ2v) is 5.03. The van der Waals surface area contributed by atoms with E-state index in [2.05, 4.69) is 34.2 Å². The summed E-state index contributed by atoms with van der Waals surface area (Å²) in [5.41, 5.74) is 3.54. The third-order valence-corrected chi connectivity index (χ3v) is 2.97. The van der Waals surface area contributed by atoms with Gasteiger partial charge < -0.3 is 4.74 Å². The third-order valence-electron chi connectivity index (χ3n) is 2.48. The summed E-state index contributed by atoms with van der Waals surface area (Å²) in [6.07, 6.45) is 0. The van der Waals surface area contributed by atoms with Crippen LogP contribution in [0.1, 0.15) is 28.4 Å². The summed E-state index contributed by atoms with van der Waals surface area (Å²) in [4.78, 5) is 11.6. The van der Waals surface area contributed by atoms with Crippen LogP contribution in [0, 0.1) is 6.92 Å². The summed E-state index contributed by atoms with van der Waals surface area (Å²) < 4.78 is 4.64. The first kappa shape index (κ1) is 13.0. The fraction of sp³-hybridized carbons (Fsp3) is 0.308. The maximum Gasteiger partial charge on any atom is 0.337 e. The first-order valence-electron chi connectivity index (χ1n) is 4.99. The Morgan fingerprint density at radius 1 is 1.50 bits per heavy atom. The summed E-state index contributed by atoms with van der Waals surface area (Å²) in [7, 11) is 1.36. The average molecular weight is 283 g/mol. The maximum atomic E-state index is 11.3. The van der Waals surface area contributed by atoms with Crippen LogP contribution in [0.2, 0.25) is 0 Å². The first-order chi connectivity index (χ1) is 7.47. The highest BCUT2D eigenvalue weighted by Crippen LogP contribution is 2.27. The molecule has 1 unspecified atom stereocenters. The Balaban J connectivity index is 3.06. The van der Waals surface area contributed by atoms with E-state index in [9.17, 15) is 4.79 Å². The minimum absolute atomic E-state index is 0.299. The van der Waals surface area contributed by atoms with E-state index in [1.807, 2.05) is 25.1 Å². The lowest BCUT2D eigenvalue weighted by Gasteiger charge is -2.11. The molecule has 0 radical (unpaired) electrons. The van der Waals surface area contributed by atoms with Gasteiger partial charge in [-0.15, -0.1) is 0 Å². The van der Waals surface area contributed by atoms with Crippen molar-refractivity contribution in [1.82, 2.24) is 0 Å². The van der Waals surface area contributed by atoms with Gasteiger partial charge in [-0.2, -0.15) is 0 Å². The summed E-state index contributed by atoms with van der Waals surface area (Å²) in [5.74, 6) is -0.390. The van der Waals surface area contributed by atoms with Gasteiger partial charge in [0.15, 0.2) is 0 Å². The molecule has 0 saturated heterocycles. The van der Waals surface area contributed by atoms with Crippen molar-refractivity contribution in [3.63, 3.8) is 0 Å². The van der Waals surface area contributed by atoms with Gasteiger partial charge in [-0.1, -0.05) is 40.7 Å². The highest BCUT2D eigenvalue weighted by molar-refractivity contribution is 9.09. The molecule has 0 aliphatic rings. The van der Waals surface area contributed by atoms with Crippen molar-refractivity contribution < 1.29 is 9.53 Å².